The zero-order valence-electron chi connectivity index (χ0n) is 17.4. The lowest BCUT2D eigenvalue weighted by molar-refractivity contribution is 0.0978. The van der Waals surface area contributed by atoms with E-state index in [1.54, 1.807) is 0 Å². The number of hydrogen-bond acceptors (Lipinski definition) is 2. The first kappa shape index (κ1) is 21.4. The molecule has 158 valence electrons. The lowest BCUT2D eigenvalue weighted by Gasteiger charge is -2.47. The topological polar surface area (TPSA) is 51.4 Å². The van der Waals surface area contributed by atoms with Gasteiger partial charge in [-0.2, -0.15) is 0 Å². The van der Waals surface area contributed by atoms with Crippen molar-refractivity contribution in [1.82, 2.24) is 20.1 Å². The Bertz CT molecular complexity index is 910. The van der Waals surface area contributed by atoms with E-state index in [9.17, 15) is 4.79 Å². The molecule has 1 aromatic carbocycles. The van der Waals surface area contributed by atoms with Gasteiger partial charge >= 0.3 is 6.03 Å². The van der Waals surface area contributed by atoms with Gasteiger partial charge in [-0.1, -0.05) is 6.92 Å². The Balaban J connectivity index is 1.69. The van der Waals surface area contributed by atoms with E-state index >= 15 is 0 Å². The normalized spacial score (nSPS) is 23.8. The molecule has 4 rings (SSSR count). The molecule has 2 amide bonds. The van der Waals surface area contributed by atoms with Gasteiger partial charge in [0.15, 0.2) is 0 Å². The number of aromatic amines is 1. The summed E-state index contributed by atoms with van der Waals surface area (Å²) >= 11 is 6.20. The summed E-state index contributed by atoms with van der Waals surface area (Å²) in [4.78, 5) is 20.8. The number of nitrogens with zero attached hydrogens (tertiary/aromatic N) is 2. The number of piperidine rings is 1. The van der Waals surface area contributed by atoms with E-state index in [1.807, 2.05) is 18.7 Å². The van der Waals surface area contributed by atoms with E-state index in [2.05, 4.69) is 72.8 Å². The first-order chi connectivity index (χ1) is 14.0. The number of rotatable bonds is 5. The van der Waals surface area contributed by atoms with Crippen LogP contribution in [0, 0.1) is 3.57 Å². The summed E-state index contributed by atoms with van der Waals surface area (Å²) < 4.78 is 2.39. The van der Waals surface area contributed by atoms with Crippen LogP contribution in [0.5, 0.6) is 0 Å². The first-order valence-electron chi connectivity index (χ1n) is 10.8. The van der Waals surface area contributed by atoms with Crippen LogP contribution in [-0.2, 0) is 6.42 Å². The van der Waals surface area contributed by atoms with Gasteiger partial charge < -0.3 is 15.2 Å². The zero-order valence-corrected chi connectivity index (χ0v) is 21.1. The molecule has 29 heavy (non-hydrogen) atoms. The number of carbonyl (C=O) groups excluding carboxylic acids is 1. The smallest absolute Gasteiger partial charge is 0.317 e. The lowest BCUT2D eigenvalue weighted by Crippen LogP contribution is -2.57. The fourth-order valence-electron chi connectivity index (χ4n) is 5.30. The molecule has 2 aliphatic rings. The molecule has 7 heteroatoms. The van der Waals surface area contributed by atoms with Crippen molar-refractivity contribution in [3.05, 3.63) is 31.4 Å². The van der Waals surface area contributed by atoms with Crippen LogP contribution in [0.15, 0.2) is 16.7 Å². The molecule has 1 aliphatic heterocycles. The number of nitrogens with one attached hydrogen (secondary N) is 2. The number of likely N-dealkylation sites (tertiary alicyclic amines) is 1. The highest BCUT2D eigenvalue weighted by atomic mass is 127. The largest absolute Gasteiger partial charge is 0.349 e. The summed E-state index contributed by atoms with van der Waals surface area (Å²) in [5, 5.41) is 4.74. The standard InChI is InChI=1S/C22H30BrIN4O/c1-4-7-28-12-14(25-22(29)27(5-2)6-3)10-15-16-8-13(24)9-18-20(16)17(11-19(15)28)21(23)26-18/h8-9,14-15,19,26H,4-7,10-12H2,1-3H3,(H,25,29)/t14-,15?,19+/m0/s1. The highest BCUT2D eigenvalue weighted by Crippen LogP contribution is 2.46. The maximum atomic E-state index is 12.7. The van der Waals surface area contributed by atoms with Gasteiger partial charge in [-0.25, -0.2) is 4.79 Å². The molecule has 5 nitrogen and oxygen atoms in total. The van der Waals surface area contributed by atoms with Gasteiger partial charge in [0.2, 0.25) is 0 Å². The van der Waals surface area contributed by atoms with Crippen molar-refractivity contribution in [3.8, 4) is 0 Å². The lowest BCUT2D eigenvalue weighted by atomic mass is 9.74. The molecule has 1 aliphatic carbocycles. The molecule has 0 radical (unpaired) electrons. The maximum absolute atomic E-state index is 12.7. The highest BCUT2D eigenvalue weighted by Gasteiger charge is 2.42. The van der Waals surface area contributed by atoms with E-state index in [1.165, 1.54) is 25.6 Å². The molecule has 1 fully saturated rings. The second-order valence-electron chi connectivity index (χ2n) is 8.26. The summed E-state index contributed by atoms with van der Waals surface area (Å²) in [6.45, 7) is 9.83. The quantitative estimate of drug-likeness (QED) is 0.491. The van der Waals surface area contributed by atoms with Gasteiger partial charge in [0.05, 0.1) is 4.60 Å². The van der Waals surface area contributed by atoms with Crippen molar-refractivity contribution in [2.45, 2.75) is 58.0 Å². The molecular weight excluding hydrogens is 543 g/mol. The minimum atomic E-state index is 0.0728. The van der Waals surface area contributed by atoms with Gasteiger partial charge in [0.25, 0.3) is 0 Å². The molecule has 1 unspecified atom stereocenters. The second kappa shape index (κ2) is 8.75. The fourth-order valence-corrected chi connectivity index (χ4v) is 6.52. The van der Waals surface area contributed by atoms with Crippen LogP contribution >= 0.6 is 38.5 Å². The highest BCUT2D eigenvalue weighted by molar-refractivity contribution is 14.1. The fraction of sp³-hybridized carbons (Fsp3) is 0.591. The summed E-state index contributed by atoms with van der Waals surface area (Å²) in [6, 6.07) is 5.36. The van der Waals surface area contributed by atoms with Gasteiger partial charge in [0, 0.05) is 52.1 Å². The van der Waals surface area contributed by atoms with Crippen LogP contribution in [0.4, 0.5) is 4.79 Å². The average molecular weight is 573 g/mol. The Morgan fingerprint density at radius 1 is 1.34 bits per heavy atom. The Hall–Kier alpha value is -0.800. The SMILES string of the molecule is CCCN1C[C@@H](NC(=O)N(CC)CC)CC2c3cc(I)cc4[nH]c(Br)c(c34)C[C@H]21. The predicted octanol–water partition coefficient (Wildman–Crippen LogP) is 5.08. The number of carbonyl (C=O) groups is 1. The Kier molecular flexibility index (Phi) is 6.46. The van der Waals surface area contributed by atoms with Crippen molar-refractivity contribution < 1.29 is 4.79 Å². The summed E-state index contributed by atoms with van der Waals surface area (Å²) in [7, 11) is 0. The zero-order chi connectivity index (χ0) is 20.7. The van der Waals surface area contributed by atoms with E-state index in [0.29, 0.717) is 12.0 Å². The molecule has 0 spiro atoms. The van der Waals surface area contributed by atoms with Crippen molar-refractivity contribution >= 4 is 55.5 Å². The maximum Gasteiger partial charge on any atom is 0.317 e. The predicted molar refractivity (Wildman–Crippen MR) is 131 cm³/mol. The van der Waals surface area contributed by atoms with Gasteiger partial charge in [-0.3, -0.25) is 4.90 Å². The van der Waals surface area contributed by atoms with Gasteiger partial charge in [-0.05, 0) is 101 Å². The average Bonchev–Trinajstić information content (AvgIpc) is 2.99. The number of urea groups is 1. The third-order valence-electron chi connectivity index (χ3n) is 6.57. The van der Waals surface area contributed by atoms with Crippen LogP contribution in [0.2, 0.25) is 0 Å². The number of hydrogen-bond donors (Lipinski definition) is 2. The third kappa shape index (κ3) is 3.94. The van der Waals surface area contributed by atoms with Crippen LogP contribution < -0.4 is 5.32 Å². The van der Waals surface area contributed by atoms with Gasteiger partial charge in [0.1, 0.15) is 0 Å². The molecule has 3 atom stereocenters. The van der Waals surface area contributed by atoms with E-state index in [0.717, 1.165) is 50.0 Å². The van der Waals surface area contributed by atoms with Crippen molar-refractivity contribution in [2.24, 2.45) is 0 Å². The molecule has 1 saturated heterocycles. The number of H-pyrrole nitrogens is 1. The Morgan fingerprint density at radius 3 is 2.79 bits per heavy atom. The van der Waals surface area contributed by atoms with Crippen LogP contribution in [-0.4, -0.2) is 59.1 Å². The minimum absolute atomic E-state index is 0.0728. The summed E-state index contributed by atoms with van der Waals surface area (Å²) in [5.41, 5.74) is 4.09. The van der Waals surface area contributed by atoms with E-state index in [-0.39, 0.29) is 12.1 Å². The molecule has 2 heterocycles. The molecule has 0 saturated carbocycles. The summed E-state index contributed by atoms with van der Waals surface area (Å²) in [5.74, 6) is 0.449. The third-order valence-corrected chi connectivity index (χ3v) is 7.87. The van der Waals surface area contributed by atoms with E-state index < -0.39 is 0 Å². The van der Waals surface area contributed by atoms with Gasteiger partial charge in [-0.15, -0.1) is 0 Å². The van der Waals surface area contributed by atoms with Crippen LogP contribution in [0.25, 0.3) is 10.9 Å². The molecule has 0 bridgehead atoms. The molecule has 2 aromatic rings. The second-order valence-corrected chi connectivity index (χ2v) is 10.3. The van der Waals surface area contributed by atoms with Crippen LogP contribution in [0.3, 0.4) is 0 Å². The number of aromatic nitrogens is 1. The molecule has 1 aromatic heterocycles. The van der Waals surface area contributed by atoms with Crippen molar-refractivity contribution in [3.63, 3.8) is 0 Å². The number of amides is 2. The number of halogens is 2. The Morgan fingerprint density at radius 2 is 2.10 bits per heavy atom. The molecule has 2 N–H and O–H groups in total. The Labute approximate surface area is 195 Å². The van der Waals surface area contributed by atoms with Crippen molar-refractivity contribution in [2.75, 3.05) is 26.2 Å². The van der Waals surface area contributed by atoms with Crippen molar-refractivity contribution in [1.29, 1.82) is 0 Å². The monoisotopic (exact) mass is 572 g/mol. The van der Waals surface area contributed by atoms with E-state index in [4.69, 9.17) is 0 Å². The molecular formula is C22H30BrIN4O. The number of fused-ring (bicyclic) bond motifs is 2. The first-order valence-corrected chi connectivity index (χ1v) is 12.6. The summed E-state index contributed by atoms with van der Waals surface area (Å²) in [6.07, 6.45) is 3.20. The number of benzene rings is 1. The van der Waals surface area contributed by atoms with Crippen LogP contribution in [0.1, 0.15) is 50.7 Å². The minimum Gasteiger partial charge on any atom is -0.349 e.